The van der Waals surface area contributed by atoms with Gasteiger partial charge in [-0.2, -0.15) is 0 Å². The zero-order valence-electron chi connectivity index (χ0n) is 18.8. The number of ether oxygens (including phenoxy) is 2. The molecule has 31 heavy (non-hydrogen) atoms. The van der Waals surface area contributed by atoms with Gasteiger partial charge < -0.3 is 20.1 Å². The SMILES string of the molecule is CN=C(NCCc1ccc(OC)cc1)NCC(c1ccc(OC)cc1)N1CCCC1.I. The lowest BCUT2D eigenvalue weighted by Gasteiger charge is -2.29. The molecule has 0 radical (unpaired) electrons. The van der Waals surface area contributed by atoms with Crippen LogP contribution in [0.5, 0.6) is 11.5 Å². The second-order valence-corrected chi connectivity index (χ2v) is 7.51. The van der Waals surface area contributed by atoms with Gasteiger partial charge in [0.05, 0.1) is 20.3 Å². The third-order valence-electron chi connectivity index (χ3n) is 5.63. The number of hydrogen-bond donors (Lipinski definition) is 2. The molecule has 1 aliphatic rings. The zero-order chi connectivity index (χ0) is 21.2. The standard InChI is InChI=1S/C24H34N4O2.HI/c1-25-24(26-15-14-19-6-10-21(29-2)11-7-19)27-18-23(28-16-4-5-17-28)20-8-12-22(30-3)13-9-20;/h6-13,23H,4-5,14-18H2,1-3H3,(H2,25,26,27);1H. The Morgan fingerprint density at radius 1 is 0.935 bits per heavy atom. The first-order chi connectivity index (χ1) is 14.7. The number of aliphatic imine (C=N–C) groups is 1. The molecule has 1 aliphatic heterocycles. The Morgan fingerprint density at radius 2 is 1.52 bits per heavy atom. The number of methoxy groups -OCH3 is 2. The van der Waals surface area contributed by atoms with Gasteiger partial charge >= 0.3 is 0 Å². The van der Waals surface area contributed by atoms with Crippen LogP contribution < -0.4 is 20.1 Å². The second-order valence-electron chi connectivity index (χ2n) is 7.51. The van der Waals surface area contributed by atoms with E-state index >= 15 is 0 Å². The minimum Gasteiger partial charge on any atom is -0.497 e. The Labute approximate surface area is 203 Å². The fourth-order valence-electron chi connectivity index (χ4n) is 3.87. The van der Waals surface area contributed by atoms with E-state index in [1.807, 2.05) is 31.3 Å². The maximum atomic E-state index is 5.32. The molecule has 1 unspecified atom stereocenters. The highest BCUT2D eigenvalue weighted by Gasteiger charge is 2.23. The number of rotatable bonds is 9. The first kappa shape index (κ1) is 25.3. The molecule has 0 spiro atoms. The maximum Gasteiger partial charge on any atom is 0.191 e. The van der Waals surface area contributed by atoms with Crippen LogP contribution in [0.4, 0.5) is 0 Å². The average Bonchev–Trinajstić information content (AvgIpc) is 3.33. The van der Waals surface area contributed by atoms with E-state index in [0.29, 0.717) is 6.04 Å². The average molecular weight is 538 g/mol. The molecule has 2 N–H and O–H groups in total. The first-order valence-electron chi connectivity index (χ1n) is 10.7. The molecule has 0 saturated carbocycles. The summed E-state index contributed by atoms with van der Waals surface area (Å²) in [5.74, 6) is 2.61. The van der Waals surface area contributed by atoms with Gasteiger partial charge in [0.1, 0.15) is 11.5 Å². The molecule has 1 saturated heterocycles. The fraction of sp³-hybridized carbons (Fsp3) is 0.458. The Balaban J connectivity index is 0.00000341. The predicted molar refractivity (Wildman–Crippen MR) is 138 cm³/mol. The fourth-order valence-corrected chi connectivity index (χ4v) is 3.87. The molecular weight excluding hydrogens is 503 g/mol. The van der Waals surface area contributed by atoms with Gasteiger partial charge in [0, 0.05) is 20.1 Å². The number of guanidine groups is 1. The van der Waals surface area contributed by atoms with Crippen molar-refractivity contribution in [3.8, 4) is 11.5 Å². The summed E-state index contributed by atoms with van der Waals surface area (Å²) >= 11 is 0. The number of likely N-dealkylation sites (tertiary alicyclic amines) is 1. The highest BCUT2D eigenvalue weighted by molar-refractivity contribution is 14.0. The zero-order valence-corrected chi connectivity index (χ0v) is 21.1. The molecule has 0 amide bonds. The van der Waals surface area contributed by atoms with E-state index in [1.165, 1.54) is 24.0 Å². The molecule has 6 nitrogen and oxygen atoms in total. The van der Waals surface area contributed by atoms with Crippen molar-refractivity contribution in [2.45, 2.75) is 25.3 Å². The van der Waals surface area contributed by atoms with Crippen molar-refractivity contribution in [1.82, 2.24) is 15.5 Å². The summed E-state index contributed by atoms with van der Waals surface area (Å²) in [6, 6.07) is 16.9. The normalized spacial score (nSPS) is 15.1. The van der Waals surface area contributed by atoms with E-state index in [1.54, 1.807) is 14.2 Å². The van der Waals surface area contributed by atoms with Crippen molar-refractivity contribution in [2.75, 3.05) is 47.4 Å². The number of hydrogen-bond acceptors (Lipinski definition) is 4. The molecular formula is C24H35IN4O2. The summed E-state index contributed by atoms with van der Waals surface area (Å²) in [4.78, 5) is 6.96. The molecule has 7 heteroatoms. The van der Waals surface area contributed by atoms with Crippen LogP contribution in [0.25, 0.3) is 0 Å². The van der Waals surface area contributed by atoms with E-state index in [2.05, 4.69) is 44.8 Å². The number of benzene rings is 2. The number of nitrogens with zero attached hydrogens (tertiary/aromatic N) is 2. The quantitative estimate of drug-likeness (QED) is 0.289. The van der Waals surface area contributed by atoms with E-state index in [9.17, 15) is 0 Å². The van der Waals surface area contributed by atoms with Crippen LogP contribution in [0.2, 0.25) is 0 Å². The van der Waals surface area contributed by atoms with E-state index in [4.69, 9.17) is 9.47 Å². The maximum absolute atomic E-state index is 5.32. The van der Waals surface area contributed by atoms with Gasteiger partial charge in [-0.15, -0.1) is 24.0 Å². The third-order valence-corrected chi connectivity index (χ3v) is 5.63. The van der Waals surface area contributed by atoms with Gasteiger partial charge in [-0.05, 0) is 67.7 Å². The summed E-state index contributed by atoms with van der Waals surface area (Å²) in [7, 11) is 5.21. The molecule has 2 aromatic carbocycles. The van der Waals surface area contributed by atoms with Crippen molar-refractivity contribution < 1.29 is 9.47 Å². The lowest BCUT2D eigenvalue weighted by molar-refractivity contribution is 0.245. The summed E-state index contributed by atoms with van der Waals surface area (Å²) < 4.78 is 10.5. The van der Waals surface area contributed by atoms with Crippen LogP contribution in [-0.2, 0) is 6.42 Å². The van der Waals surface area contributed by atoms with Crippen molar-refractivity contribution in [3.63, 3.8) is 0 Å². The summed E-state index contributed by atoms with van der Waals surface area (Å²) in [6.45, 7) is 3.92. The third kappa shape index (κ3) is 7.57. The Bertz CT molecular complexity index is 790. The summed E-state index contributed by atoms with van der Waals surface area (Å²) in [5, 5.41) is 6.96. The lowest BCUT2D eigenvalue weighted by atomic mass is 10.1. The summed E-state index contributed by atoms with van der Waals surface area (Å²) in [6.07, 6.45) is 3.46. The number of halogens is 1. The molecule has 170 valence electrons. The molecule has 1 atom stereocenters. The van der Waals surface area contributed by atoms with Gasteiger partial charge in [-0.1, -0.05) is 24.3 Å². The van der Waals surface area contributed by atoms with Crippen LogP contribution in [0.1, 0.15) is 30.0 Å². The smallest absolute Gasteiger partial charge is 0.191 e. The molecule has 1 heterocycles. The Hall–Kier alpha value is -2.00. The molecule has 3 rings (SSSR count). The molecule has 2 aromatic rings. The molecule has 0 aromatic heterocycles. The van der Waals surface area contributed by atoms with Gasteiger partial charge in [-0.25, -0.2) is 0 Å². The molecule has 1 fully saturated rings. The van der Waals surface area contributed by atoms with Gasteiger partial charge in [0.15, 0.2) is 5.96 Å². The predicted octanol–water partition coefficient (Wildman–Crippen LogP) is 3.87. The van der Waals surface area contributed by atoms with Crippen LogP contribution in [0, 0.1) is 0 Å². The highest BCUT2D eigenvalue weighted by Crippen LogP contribution is 2.26. The highest BCUT2D eigenvalue weighted by atomic mass is 127. The Morgan fingerprint density at radius 3 is 2.06 bits per heavy atom. The monoisotopic (exact) mass is 538 g/mol. The minimum absolute atomic E-state index is 0. The van der Waals surface area contributed by atoms with Crippen LogP contribution in [0.3, 0.4) is 0 Å². The van der Waals surface area contributed by atoms with Crippen LogP contribution in [0.15, 0.2) is 53.5 Å². The Kier molecular flexibility index (Phi) is 10.9. The minimum atomic E-state index is 0. The second kappa shape index (κ2) is 13.4. The largest absolute Gasteiger partial charge is 0.497 e. The number of nitrogens with one attached hydrogen (secondary N) is 2. The lowest BCUT2D eigenvalue weighted by Crippen LogP contribution is -2.43. The molecule has 0 aliphatic carbocycles. The summed E-state index contributed by atoms with van der Waals surface area (Å²) in [5.41, 5.74) is 2.57. The van der Waals surface area contributed by atoms with Crippen molar-refractivity contribution in [1.29, 1.82) is 0 Å². The topological polar surface area (TPSA) is 58.1 Å². The van der Waals surface area contributed by atoms with Crippen LogP contribution >= 0.6 is 24.0 Å². The first-order valence-corrected chi connectivity index (χ1v) is 10.7. The van der Waals surface area contributed by atoms with Crippen molar-refractivity contribution >= 4 is 29.9 Å². The van der Waals surface area contributed by atoms with Crippen molar-refractivity contribution in [3.05, 3.63) is 59.7 Å². The van der Waals surface area contributed by atoms with E-state index in [-0.39, 0.29) is 24.0 Å². The van der Waals surface area contributed by atoms with Gasteiger partial charge in [0.25, 0.3) is 0 Å². The van der Waals surface area contributed by atoms with Crippen LogP contribution in [-0.4, -0.2) is 58.3 Å². The van der Waals surface area contributed by atoms with E-state index < -0.39 is 0 Å². The van der Waals surface area contributed by atoms with Crippen molar-refractivity contribution in [2.24, 2.45) is 4.99 Å². The van der Waals surface area contributed by atoms with E-state index in [0.717, 1.165) is 50.1 Å². The molecule has 0 bridgehead atoms. The van der Waals surface area contributed by atoms with Gasteiger partial charge in [-0.3, -0.25) is 9.89 Å². The van der Waals surface area contributed by atoms with Gasteiger partial charge in [0.2, 0.25) is 0 Å².